The molecule has 1 saturated heterocycles. The summed E-state index contributed by atoms with van der Waals surface area (Å²) in [4.78, 5) is 2.54. The number of hydrogen-bond acceptors (Lipinski definition) is 5. The van der Waals surface area contributed by atoms with E-state index in [9.17, 15) is 0 Å². The Kier molecular flexibility index (Phi) is 4.93. The maximum atomic E-state index is 5.97. The van der Waals surface area contributed by atoms with Gasteiger partial charge in [0, 0.05) is 25.6 Å². The number of ether oxygens (including phenoxy) is 2. The van der Waals surface area contributed by atoms with E-state index in [0.29, 0.717) is 12.5 Å². The van der Waals surface area contributed by atoms with E-state index in [1.807, 2.05) is 23.7 Å². The predicted molar refractivity (Wildman–Crippen MR) is 100 cm³/mol. The van der Waals surface area contributed by atoms with Gasteiger partial charge >= 0.3 is 0 Å². The molecule has 138 valence electrons. The quantitative estimate of drug-likeness (QED) is 0.826. The van der Waals surface area contributed by atoms with E-state index in [1.54, 1.807) is 13.4 Å². The molecule has 0 amide bonds. The zero-order valence-electron chi connectivity index (χ0n) is 15.5. The van der Waals surface area contributed by atoms with Crippen molar-refractivity contribution in [1.82, 2.24) is 19.7 Å². The minimum atomic E-state index is 0.645. The van der Waals surface area contributed by atoms with E-state index in [0.717, 1.165) is 48.9 Å². The molecular weight excluding hydrogens is 328 g/mol. The second-order valence-corrected chi connectivity index (χ2v) is 7.25. The Labute approximate surface area is 154 Å². The molecule has 0 spiro atoms. The lowest BCUT2D eigenvalue weighted by Crippen LogP contribution is -2.36. The summed E-state index contributed by atoms with van der Waals surface area (Å²) in [5.41, 5.74) is 2.44. The van der Waals surface area contributed by atoms with Gasteiger partial charge in [-0.1, -0.05) is 12.1 Å². The van der Waals surface area contributed by atoms with Crippen LogP contribution < -0.4 is 9.47 Å². The van der Waals surface area contributed by atoms with Crippen LogP contribution in [0.15, 0.2) is 30.1 Å². The van der Waals surface area contributed by atoms with Crippen molar-refractivity contribution in [1.29, 1.82) is 0 Å². The van der Waals surface area contributed by atoms with Crippen LogP contribution in [0.3, 0.4) is 0 Å². The van der Waals surface area contributed by atoms with E-state index >= 15 is 0 Å². The summed E-state index contributed by atoms with van der Waals surface area (Å²) in [6.07, 6.45) is 7.50. The molecular formula is C20H26N4O2. The van der Waals surface area contributed by atoms with Gasteiger partial charge in [-0.25, -0.2) is 0 Å². The van der Waals surface area contributed by atoms with Gasteiger partial charge in [0.1, 0.15) is 18.8 Å². The van der Waals surface area contributed by atoms with Crippen molar-refractivity contribution in [3.8, 4) is 11.5 Å². The van der Waals surface area contributed by atoms with Crippen molar-refractivity contribution < 1.29 is 9.47 Å². The van der Waals surface area contributed by atoms with Gasteiger partial charge in [-0.2, -0.15) is 0 Å². The molecule has 0 unspecified atom stereocenters. The van der Waals surface area contributed by atoms with Crippen molar-refractivity contribution in [3.05, 3.63) is 41.5 Å². The van der Waals surface area contributed by atoms with Crippen LogP contribution in [0, 0.1) is 5.92 Å². The van der Waals surface area contributed by atoms with E-state index in [2.05, 4.69) is 27.2 Å². The van der Waals surface area contributed by atoms with Gasteiger partial charge in [0.25, 0.3) is 0 Å². The maximum Gasteiger partial charge on any atom is 0.168 e. The van der Waals surface area contributed by atoms with E-state index in [1.165, 1.54) is 18.4 Å². The maximum absolute atomic E-state index is 5.97. The number of rotatable bonds is 5. The van der Waals surface area contributed by atoms with Crippen LogP contribution in [-0.2, 0) is 13.5 Å². The van der Waals surface area contributed by atoms with E-state index in [-0.39, 0.29) is 0 Å². The van der Waals surface area contributed by atoms with Gasteiger partial charge in [0.05, 0.1) is 7.11 Å². The topological polar surface area (TPSA) is 52.4 Å². The molecule has 6 nitrogen and oxygen atoms in total. The standard InChI is InChI=1S/C20H26N4O2/c1-23-14-21-22-19(23)11-15-6-8-24(9-7-15)12-16-10-17-4-3-5-18(25-2)20(17)26-13-16/h3-5,10,14-15H,6-9,11-13H2,1-2H3. The number of fused-ring (bicyclic) bond motifs is 1. The molecule has 6 heteroatoms. The zero-order chi connectivity index (χ0) is 17.9. The average molecular weight is 354 g/mol. The summed E-state index contributed by atoms with van der Waals surface area (Å²) < 4.78 is 13.4. The highest BCUT2D eigenvalue weighted by Crippen LogP contribution is 2.35. The van der Waals surface area contributed by atoms with Gasteiger partial charge in [0.15, 0.2) is 11.5 Å². The minimum Gasteiger partial charge on any atom is -0.493 e. The highest BCUT2D eigenvalue weighted by molar-refractivity contribution is 5.66. The van der Waals surface area contributed by atoms with Crippen molar-refractivity contribution in [3.63, 3.8) is 0 Å². The fourth-order valence-corrected chi connectivity index (χ4v) is 3.87. The summed E-state index contributed by atoms with van der Waals surface area (Å²) in [6.45, 7) is 3.88. The summed E-state index contributed by atoms with van der Waals surface area (Å²) in [7, 11) is 3.70. The largest absolute Gasteiger partial charge is 0.493 e. The second-order valence-electron chi connectivity index (χ2n) is 7.25. The number of likely N-dealkylation sites (tertiary alicyclic amines) is 1. The first-order valence-electron chi connectivity index (χ1n) is 9.27. The van der Waals surface area contributed by atoms with Crippen molar-refractivity contribution in [2.45, 2.75) is 19.3 Å². The van der Waals surface area contributed by atoms with Gasteiger partial charge in [-0.3, -0.25) is 4.90 Å². The fourth-order valence-electron chi connectivity index (χ4n) is 3.87. The van der Waals surface area contributed by atoms with Crippen LogP contribution in [0.25, 0.3) is 6.08 Å². The molecule has 1 aromatic heterocycles. The number of hydrogen-bond donors (Lipinski definition) is 0. The third-order valence-corrected chi connectivity index (χ3v) is 5.40. The third kappa shape index (κ3) is 3.60. The molecule has 0 aliphatic carbocycles. The van der Waals surface area contributed by atoms with Crippen molar-refractivity contribution in [2.24, 2.45) is 13.0 Å². The lowest BCUT2D eigenvalue weighted by Gasteiger charge is -2.33. The normalized spacial score (nSPS) is 18.2. The molecule has 0 atom stereocenters. The SMILES string of the molecule is COc1cccc2c1OCC(CN1CCC(Cc3nncn3C)CC1)=C2. The van der Waals surface area contributed by atoms with Gasteiger partial charge < -0.3 is 14.0 Å². The molecule has 3 heterocycles. The number of para-hydroxylation sites is 1. The highest BCUT2D eigenvalue weighted by atomic mass is 16.5. The van der Waals surface area contributed by atoms with Gasteiger partial charge in [-0.15, -0.1) is 10.2 Å². The molecule has 1 aromatic carbocycles. The first-order chi connectivity index (χ1) is 12.7. The lowest BCUT2D eigenvalue weighted by atomic mass is 9.93. The number of piperidine rings is 1. The predicted octanol–water partition coefficient (Wildman–Crippen LogP) is 2.55. The van der Waals surface area contributed by atoms with Crippen LogP contribution in [0.5, 0.6) is 11.5 Å². The van der Waals surface area contributed by atoms with Crippen LogP contribution >= 0.6 is 0 Å². The molecule has 0 saturated carbocycles. The molecule has 26 heavy (non-hydrogen) atoms. The van der Waals surface area contributed by atoms with Crippen LogP contribution in [0.2, 0.25) is 0 Å². The molecule has 4 rings (SSSR count). The Morgan fingerprint density at radius 1 is 1.27 bits per heavy atom. The number of methoxy groups -OCH3 is 1. The number of benzene rings is 1. The highest BCUT2D eigenvalue weighted by Gasteiger charge is 2.23. The smallest absolute Gasteiger partial charge is 0.168 e. The third-order valence-electron chi connectivity index (χ3n) is 5.40. The van der Waals surface area contributed by atoms with Crippen molar-refractivity contribution in [2.75, 3.05) is 33.4 Å². The minimum absolute atomic E-state index is 0.645. The summed E-state index contributed by atoms with van der Waals surface area (Å²) in [6, 6.07) is 6.04. The zero-order valence-corrected chi connectivity index (χ0v) is 15.5. The molecule has 2 aliphatic heterocycles. The van der Waals surface area contributed by atoms with Crippen LogP contribution in [0.4, 0.5) is 0 Å². The van der Waals surface area contributed by atoms with Gasteiger partial charge in [0.2, 0.25) is 0 Å². The molecule has 0 radical (unpaired) electrons. The first kappa shape index (κ1) is 17.1. The number of aryl methyl sites for hydroxylation is 1. The summed E-state index contributed by atoms with van der Waals surface area (Å²) in [5.74, 6) is 3.47. The number of aromatic nitrogens is 3. The molecule has 1 fully saturated rings. The van der Waals surface area contributed by atoms with Crippen molar-refractivity contribution >= 4 is 6.08 Å². The van der Waals surface area contributed by atoms with E-state index in [4.69, 9.17) is 9.47 Å². The lowest BCUT2D eigenvalue weighted by molar-refractivity contribution is 0.189. The Bertz CT molecular complexity index is 791. The molecule has 0 N–H and O–H groups in total. The molecule has 2 aliphatic rings. The Hall–Kier alpha value is -2.34. The fraction of sp³-hybridized carbons (Fsp3) is 0.500. The Morgan fingerprint density at radius 3 is 2.85 bits per heavy atom. The summed E-state index contributed by atoms with van der Waals surface area (Å²) in [5, 5.41) is 8.20. The van der Waals surface area contributed by atoms with Gasteiger partial charge in [-0.05, 0) is 49.6 Å². The van der Waals surface area contributed by atoms with Crippen LogP contribution in [-0.4, -0.2) is 53.0 Å². The summed E-state index contributed by atoms with van der Waals surface area (Å²) >= 11 is 0. The van der Waals surface area contributed by atoms with Crippen LogP contribution in [0.1, 0.15) is 24.2 Å². The average Bonchev–Trinajstić information content (AvgIpc) is 3.07. The molecule has 0 bridgehead atoms. The molecule has 2 aromatic rings. The second kappa shape index (κ2) is 7.50. The monoisotopic (exact) mass is 354 g/mol. The Balaban J connectivity index is 1.33. The number of nitrogens with zero attached hydrogens (tertiary/aromatic N) is 4. The first-order valence-corrected chi connectivity index (χ1v) is 9.27. The Morgan fingerprint density at radius 2 is 2.12 bits per heavy atom. The van der Waals surface area contributed by atoms with E-state index < -0.39 is 0 Å².